The molecule has 0 atom stereocenters. The molecule has 8 heteroatoms. The Morgan fingerprint density at radius 2 is 1.82 bits per heavy atom. The van der Waals surface area contributed by atoms with Gasteiger partial charge in [0.25, 0.3) is 5.91 Å². The van der Waals surface area contributed by atoms with Crippen molar-refractivity contribution in [2.75, 3.05) is 46.4 Å². The molecule has 0 radical (unpaired) electrons. The number of carbonyl (C=O) groups is 2. The fourth-order valence-electron chi connectivity index (χ4n) is 4.62. The Bertz CT molecular complexity index is 1110. The highest BCUT2D eigenvalue weighted by molar-refractivity contribution is 5.97. The number of allylic oxidation sites excluding steroid dienone is 8. The van der Waals surface area contributed by atoms with Gasteiger partial charge in [0.05, 0.1) is 6.61 Å². The van der Waals surface area contributed by atoms with Crippen LogP contribution < -0.4 is 5.32 Å². The maximum Gasteiger partial charge on any atom is 0.253 e. The van der Waals surface area contributed by atoms with Crippen molar-refractivity contribution in [2.24, 2.45) is 5.10 Å². The van der Waals surface area contributed by atoms with Crippen LogP contribution >= 0.6 is 0 Å². The summed E-state index contributed by atoms with van der Waals surface area (Å²) < 4.78 is 6.14. The minimum atomic E-state index is -0.391. The molecule has 210 valence electrons. The smallest absolute Gasteiger partial charge is 0.253 e. The lowest BCUT2D eigenvalue weighted by atomic mass is 10.1. The Balaban J connectivity index is 1.49. The van der Waals surface area contributed by atoms with E-state index >= 15 is 0 Å². The molecule has 3 aliphatic rings. The monoisotopic (exact) mass is 533 g/mol. The van der Waals surface area contributed by atoms with E-state index in [1.54, 1.807) is 17.3 Å². The highest BCUT2D eigenvalue weighted by Gasteiger charge is 2.25. The molecule has 0 saturated carbocycles. The third-order valence-electron chi connectivity index (χ3n) is 7.05. The van der Waals surface area contributed by atoms with Gasteiger partial charge in [0.15, 0.2) is 0 Å². The van der Waals surface area contributed by atoms with Gasteiger partial charge in [-0.2, -0.15) is 5.10 Å². The molecule has 2 amide bonds. The Morgan fingerprint density at radius 3 is 2.46 bits per heavy atom. The molecule has 2 aliphatic carbocycles. The number of amides is 2. The van der Waals surface area contributed by atoms with Gasteiger partial charge in [0.1, 0.15) is 5.60 Å². The lowest BCUT2D eigenvalue weighted by molar-refractivity contribution is -0.128. The molecule has 1 heterocycles. The summed E-state index contributed by atoms with van der Waals surface area (Å²) in [6.45, 7) is 12.3. The van der Waals surface area contributed by atoms with Crippen LogP contribution in [0.5, 0.6) is 0 Å². The summed E-state index contributed by atoms with van der Waals surface area (Å²) in [5.41, 5.74) is 2.79. The second kappa shape index (κ2) is 14.6. The Morgan fingerprint density at radius 1 is 1.13 bits per heavy atom. The molecule has 3 rings (SSSR count). The lowest BCUT2D eigenvalue weighted by Crippen LogP contribution is -2.50. The number of nitrogens with zero attached hydrogens (tertiary/aromatic N) is 4. The molecule has 0 spiro atoms. The van der Waals surface area contributed by atoms with Crippen LogP contribution in [0.3, 0.4) is 0 Å². The summed E-state index contributed by atoms with van der Waals surface area (Å²) in [6.07, 6.45) is 22.3. The summed E-state index contributed by atoms with van der Waals surface area (Å²) >= 11 is 0. The molecule has 1 fully saturated rings. The van der Waals surface area contributed by atoms with Crippen molar-refractivity contribution < 1.29 is 14.3 Å². The van der Waals surface area contributed by atoms with Crippen molar-refractivity contribution in [1.82, 2.24) is 20.1 Å². The van der Waals surface area contributed by atoms with E-state index in [1.807, 2.05) is 75.3 Å². The normalized spacial score (nSPS) is 19.8. The second-order valence-corrected chi connectivity index (χ2v) is 10.0. The second-order valence-electron chi connectivity index (χ2n) is 10.0. The lowest BCUT2D eigenvalue weighted by Gasteiger charge is -2.35. The molecular formula is C31H43N5O3. The highest BCUT2D eigenvalue weighted by atomic mass is 16.5. The van der Waals surface area contributed by atoms with Crippen LogP contribution in [0.15, 0.2) is 88.4 Å². The maximum atomic E-state index is 13.4. The van der Waals surface area contributed by atoms with Crippen molar-refractivity contribution in [3.05, 3.63) is 83.3 Å². The Labute approximate surface area is 233 Å². The van der Waals surface area contributed by atoms with Crippen LogP contribution in [0.2, 0.25) is 0 Å². The number of ether oxygens (including phenoxy) is 1. The van der Waals surface area contributed by atoms with Gasteiger partial charge in [0.2, 0.25) is 5.91 Å². The van der Waals surface area contributed by atoms with Crippen LogP contribution in [0.1, 0.15) is 40.5 Å². The van der Waals surface area contributed by atoms with Gasteiger partial charge in [0, 0.05) is 69.0 Å². The molecule has 39 heavy (non-hydrogen) atoms. The van der Waals surface area contributed by atoms with Crippen molar-refractivity contribution in [3.63, 3.8) is 0 Å². The van der Waals surface area contributed by atoms with E-state index in [0.717, 1.165) is 30.9 Å². The molecule has 0 unspecified atom stereocenters. The summed E-state index contributed by atoms with van der Waals surface area (Å²) in [5.74, 6) is -0.174. The van der Waals surface area contributed by atoms with Crippen LogP contribution in [-0.4, -0.2) is 84.8 Å². The summed E-state index contributed by atoms with van der Waals surface area (Å²) in [6, 6.07) is 0. The number of hydrazone groups is 1. The third-order valence-corrected chi connectivity index (χ3v) is 7.05. The summed E-state index contributed by atoms with van der Waals surface area (Å²) in [7, 11) is 1.82. The first kappa shape index (κ1) is 30.1. The zero-order valence-corrected chi connectivity index (χ0v) is 24.0. The zero-order valence-electron chi connectivity index (χ0n) is 24.0. The Kier molecular flexibility index (Phi) is 11.3. The fraction of sp³-hybridized carbons (Fsp3) is 0.452. The van der Waals surface area contributed by atoms with Gasteiger partial charge in [-0.1, -0.05) is 42.9 Å². The number of rotatable bonds is 10. The van der Waals surface area contributed by atoms with E-state index in [-0.39, 0.29) is 11.8 Å². The molecule has 1 saturated heterocycles. The quantitative estimate of drug-likeness (QED) is 0.260. The van der Waals surface area contributed by atoms with E-state index in [2.05, 4.69) is 34.4 Å². The first-order valence-electron chi connectivity index (χ1n) is 13.8. The van der Waals surface area contributed by atoms with Crippen molar-refractivity contribution in [1.29, 1.82) is 0 Å². The number of hydrogen-bond acceptors (Lipinski definition) is 6. The van der Waals surface area contributed by atoms with Crippen LogP contribution in [0.4, 0.5) is 0 Å². The number of piperazine rings is 1. The standard InChI is InChI=1S/C31H43N5O3/c1-6-27(34(5)32-7-2)24-29(37)33-26-13-12-25(3)28(15-14-26)30(38)36-20-18-35(19-21-36)22-23-39-31(4)16-10-8-9-11-17-31/h7-11,13-17,24H,6,12,18-23H2,1-5H3,(H,33,37)/b27-24+,32-7-. The van der Waals surface area contributed by atoms with Crippen LogP contribution in [-0.2, 0) is 14.3 Å². The predicted molar refractivity (Wildman–Crippen MR) is 158 cm³/mol. The van der Waals surface area contributed by atoms with E-state index < -0.39 is 5.60 Å². The van der Waals surface area contributed by atoms with E-state index in [0.29, 0.717) is 43.8 Å². The average Bonchev–Trinajstić information content (AvgIpc) is 3.25. The van der Waals surface area contributed by atoms with Crippen molar-refractivity contribution in [3.8, 4) is 0 Å². The van der Waals surface area contributed by atoms with E-state index in [9.17, 15) is 9.59 Å². The first-order chi connectivity index (χ1) is 18.7. The third kappa shape index (κ3) is 9.04. The molecule has 0 aromatic rings. The van der Waals surface area contributed by atoms with Gasteiger partial charge < -0.3 is 15.0 Å². The number of nitrogens with one attached hydrogen (secondary N) is 1. The van der Waals surface area contributed by atoms with Gasteiger partial charge in [-0.05, 0) is 57.9 Å². The van der Waals surface area contributed by atoms with Gasteiger partial charge >= 0.3 is 0 Å². The molecule has 0 bridgehead atoms. The highest BCUT2D eigenvalue weighted by Crippen LogP contribution is 2.21. The summed E-state index contributed by atoms with van der Waals surface area (Å²) in [5, 5.41) is 8.83. The number of carbonyl (C=O) groups excluding carboxylic acids is 2. The topological polar surface area (TPSA) is 77.5 Å². The maximum absolute atomic E-state index is 13.4. The minimum absolute atomic E-state index is 0.0431. The van der Waals surface area contributed by atoms with E-state index in [4.69, 9.17) is 4.74 Å². The molecule has 0 aromatic carbocycles. The molecule has 1 aliphatic heterocycles. The molecule has 0 aromatic heterocycles. The number of hydrogen-bond donors (Lipinski definition) is 1. The van der Waals surface area contributed by atoms with Crippen molar-refractivity contribution >= 4 is 18.0 Å². The average molecular weight is 534 g/mol. The van der Waals surface area contributed by atoms with Crippen LogP contribution in [0.25, 0.3) is 0 Å². The first-order valence-corrected chi connectivity index (χ1v) is 13.8. The van der Waals surface area contributed by atoms with Crippen molar-refractivity contribution in [2.45, 2.75) is 46.1 Å². The summed E-state index contributed by atoms with van der Waals surface area (Å²) in [4.78, 5) is 30.3. The zero-order chi connectivity index (χ0) is 28.3. The predicted octanol–water partition coefficient (Wildman–Crippen LogP) is 4.10. The fourth-order valence-corrected chi connectivity index (χ4v) is 4.62. The molecular weight excluding hydrogens is 490 g/mol. The van der Waals surface area contributed by atoms with Gasteiger partial charge in [-0.3, -0.25) is 19.5 Å². The van der Waals surface area contributed by atoms with Gasteiger partial charge in [-0.15, -0.1) is 0 Å². The minimum Gasteiger partial charge on any atom is -0.366 e. The SMILES string of the molecule is C/C=N\N(C)/C(=C/C(=O)NC1=CCC(C)=C(C(=O)N2CCN(CCOC3(C)C=CC=CC=C3)CC2)C=C1)CC. The molecule has 1 N–H and O–H groups in total. The van der Waals surface area contributed by atoms with Gasteiger partial charge in [-0.25, -0.2) is 0 Å². The van der Waals surface area contributed by atoms with E-state index in [1.165, 1.54) is 0 Å². The molecule has 8 nitrogen and oxygen atoms in total. The Hall–Kier alpha value is -3.49. The largest absolute Gasteiger partial charge is 0.366 e. The van der Waals surface area contributed by atoms with Crippen LogP contribution in [0, 0.1) is 0 Å².